The molecule has 0 unspecified atom stereocenters. The summed E-state index contributed by atoms with van der Waals surface area (Å²) in [6, 6.07) is 9.83. The van der Waals surface area contributed by atoms with Gasteiger partial charge in [0.25, 0.3) is 0 Å². The van der Waals surface area contributed by atoms with Gasteiger partial charge in [-0.05, 0) is 42.7 Å². The van der Waals surface area contributed by atoms with Crippen molar-refractivity contribution in [3.05, 3.63) is 58.9 Å². The lowest BCUT2D eigenvalue weighted by molar-refractivity contribution is -0.0521. The SMILES string of the molecule is Cc1cccc(C)c1CNc1ccc(OC(F)F)c(F)c1. The molecule has 21 heavy (non-hydrogen) atoms. The predicted octanol–water partition coefficient (Wildman–Crippen LogP) is 4.66. The Morgan fingerprint density at radius 1 is 1.10 bits per heavy atom. The Morgan fingerprint density at radius 3 is 2.33 bits per heavy atom. The summed E-state index contributed by atoms with van der Waals surface area (Å²) in [6.45, 7) is 1.51. The molecule has 0 saturated carbocycles. The molecule has 0 radical (unpaired) electrons. The van der Waals surface area contributed by atoms with Crippen LogP contribution in [-0.4, -0.2) is 6.61 Å². The van der Waals surface area contributed by atoms with Gasteiger partial charge in [-0.15, -0.1) is 0 Å². The standard InChI is InChI=1S/C16H16F3NO/c1-10-4-3-5-11(2)13(10)9-20-12-6-7-15(14(17)8-12)21-16(18)19/h3-8,16,20H,9H2,1-2H3. The Labute approximate surface area is 121 Å². The van der Waals surface area contributed by atoms with Gasteiger partial charge in [-0.3, -0.25) is 0 Å². The van der Waals surface area contributed by atoms with Crippen molar-refractivity contribution in [2.45, 2.75) is 27.0 Å². The fraction of sp³-hybridized carbons (Fsp3) is 0.250. The minimum absolute atomic E-state index is 0.456. The number of hydrogen-bond acceptors (Lipinski definition) is 2. The highest BCUT2D eigenvalue weighted by molar-refractivity contribution is 5.48. The third-order valence-electron chi connectivity index (χ3n) is 3.26. The van der Waals surface area contributed by atoms with E-state index in [0.717, 1.165) is 22.8 Å². The first-order chi connectivity index (χ1) is 9.97. The third kappa shape index (κ3) is 3.90. The zero-order chi connectivity index (χ0) is 15.4. The second kappa shape index (κ2) is 6.52. The molecule has 0 atom stereocenters. The molecule has 2 rings (SSSR count). The van der Waals surface area contributed by atoms with Crippen LogP contribution in [0.4, 0.5) is 18.9 Å². The smallest absolute Gasteiger partial charge is 0.387 e. The number of aryl methyl sites for hydroxylation is 2. The molecule has 2 aromatic carbocycles. The topological polar surface area (TPSA) is 21.3 Å². The van der Waals surface area contributed by atoms with E-state index in [-0.39, 0.29) is 0 Å². The molecule has 0 aliphatic heterocycles. The molecule has 0 aromatic heterocycles. The fourth-order valence-corrected chi connectivity index (χ4v) is 2.12. The Morgan fingerprint density at radius 2 is 1.76 bits per heavy atom. The van der Waals surface area contributed by atoms with Gasteiger partial charge in [-0.2, -0.15) is 8.78 Å². The average molecular weight is 295 g/mol. The van der Waals surface area contributed by atoms with Crippen molar-refractivity contribution in [2.24, 2.45) is 0 Å². The molecule has 0 amide bonds. The Balaban J connectivity index is 2.09. The van der Waals surface area contributed by atoms with Crippen LogP contribution in [0.1, 0.15) is 16.7 Å². The molecule has 1 N–H and O–H groups in total. The lowest BCUT2D eigenvalue weighted by Gasteiger charge is -2.13. The summed E-state index contributed by atoms with van der Waals surface area (Å²) in [5.74, 6) is -1.27. The van der Waals surface area contributed by atoms with Crippen LogP contribution in [0.5, 0.6) is 5.75 Å². The summed E-state index contributed by atoms with van der Waals surface area (Å²) in [5, 5.41) is 3.08. The highest BCUT2D eigenvalue weighted by atomic mass is 19.3. The molecule has 5 heteroatoms. The zero-order valence-corrected chi connectivity index (χ0v) is 11.8. The van der Waals surface area contributed by atoms with E-state index in [1.54, 1.807) is 0 Å². The van der Waals surface area contributed by atoms with Crippen molar-refractivity contribution in [1.82, 2.24) is 0 Å². The van der Waals surface area contributed by atoms with Gasteiger partial charge >= 0.3 is 6.61 Å². The quantitative estimate of drug-likeness (QED) is 0.866. The molecule has 0 saturated heterocycles. The normalized spacial score (nSPS) is 10.8. The number of alkyl halides is 2. The monoisotopic (exact) mass is 295 g/mol. The second-order valence-corrected chi connectivity index (χ2v) is 4.75. The summed E-state index contributed by atoms with van der Waals surface area (Å²) < 4.78 is 41.8. The maximum Gasteiger partial charge on any atom is 0.387 e. The van der Waals surface area contributed by atoms with E-state index in [4.69, 9.17) is 0 Å². The summed E-state index contributed by atoms with van der Waals surface area (Å²) in [6.07, 6.45) is 0. The van der Waals surface area contributed by atoms with Gasteiger partial charge in [0.05, 0.1) is 0 Å². The van der Waals surface area contributed by atoms with E-state index in [1.807, 2.05) is 32.0 Å². The van der Waals surface area contributed by atoms with E-state index in [1.165, 1.54) is 12.1 Å². The van der Waals surface area contributed by atoms with Gasteiger partial charge in [0.1, 0.15) is 0 Å². The van der Waals surface area contributed by atoms with Gasteiger partial charge in [0.15, 0.2) is 11.6 Å². The van der Waals surface area contributed by atoms with Gasteiger partial charge in [0.2, 0.25) is 0 Å². The highest BCUT2D eigenvalue weighted by Gasteiger charge is 2.10. The summed E-state index contributed by atoms with van der Waals surface area (Å²) in [5.41, 5.74) is 3.92. The van der Waals surface area contributed by atoms with Crippen LogP contribution in [0, 0.1) is 19.7 Å². The lowest BCUT2D eigenvalue weighted by Crippen LogP contribution is -2.06. The summed E-state index contributed by atoms with van der Waals surface area (Å²) in [4.78, 5) is 0. The molecule has 0 aliphatic carbocycles. The molecule has 112 valence electrons. The zero-order valence-electron chi connectivity index (χ0n) is 11.8. The molecule has 2 nitrogen and oxygen atoms in total. The number of ether oxygens (including phenoxy) is 1. The van der Waals surface area contributed by atoms with Crippen LogP contribution in [0.25, 0.3) is 0 Å². The molecular weight excluding hydrogens is 279 g/mol. The minimum Gasteiger partial charge on any atom is -0.432 e. The van der Waals surface area contributed by atoms with Crippen LogP contribution in [0.3, 0.4) is 0 Å². The van der Waals surface area contributed by atoms with Gasteiger partial charge in [0, 0.05) is 18.3 Å². The van der Waals surface area contributed by atoms with Crippen molar-refractivity contribution >= 4 is 5.69 Å². The first kappa shape index (κ1) is 15.2. The fourth-order valence-electron chi connectivity index (χ4n) is 2.12. The number of nitrogens with one attached hydrogen (secondary N) is 1. The van der Waals surface area contributed by atoms with E-state index >= 15 is 0 Å². The van der Waals surface area contributed by atoms with Crippen molar-refractivity contribution in [1.29, 1.82) is 0 Å². The van der Waals surface area contributed by atoms with E-state index in [9.17, 15) is 13.2 Å². The average Bonchev–Trinajstić information content (AvgIpc) is 2.41. The highest BCUT2D eigenvalue weighted by Crippen LogP contribution is 2.23. The predicted molar refractivity (Wildman–Crippen MR) is 76.3 cm³/mol. The van der Waals surface area contributed by atoms with Crippen molar-refractivity contribution in [3.63, 3.8) is 0 Å². The molecule has 0 bridgehead atoms. The van der Waals surface area contributed by atoms with E-state index in [0.29, 0.717) is 12.2 Å². The number of rotatable bonds is 5. The van der Waals surface area contributed by atoms with Crippen LogP contribution in [0.15, 0.2) is 36.4 Å². The second-order valence-electron chi connectivity index (χ2n) is 4.75. The molecule has 0 heterocycles. The van der Waals surface area contributed by atoms with E-state index in [2.05, 4.69) is 10.1 Å². The molecule has 0 fully saturated rings. The largest absolute Gasteiger partial charge is 0.432 e. The van der Waals surface area contributed by atoms with E-state index < -0.39 is 18.2 Å². The van der Waals surface area contributed by atoms with Crippen LogP contribution >= 0.6 is 0 Å². The molecular formula is C16H16F3NO. The van der Waals surface area contributed by atoms with Crippen LogP contribution < -0.4 is 10.1 Å². The molecule has 2 aromatic rings. The van der Waals surface area contributed by atoms with Crippen molar-refractivity contribution in [2.75, 3.05) is 5.32 Å². The summed E-state index contributed by atoms with van der Waals surface area (Å²) in [7, 11) is 0. The maximum absolute atomic E-state index is 13.6. The number of benzene rings is 2. The van der Waals surface area contributed by atoms with Crippen molar-refractivity contribution in [3.8, 4) is 5.75 Å². The summed E-state index contributed by atoms with van der Waals surface area (Å²) >= 11 is 0. The van der Waals surface area contributed by atoms with Gasteiger partial charge < -0.3 is 10.1 Å². The van der Waals surface area contributed by atoms with Gasteiger partial charge in [-0.1, -0.05) is 18.2 Å². The first-order valence-corrected chi connectivity index (χ1v) is 6.50. The number of hydrogen-bond donors (Lipinski definition) is 1. The third-order valence-corrected chi connectivity index (χ3v) is 3.26. The lowest BCUT2D eigenvalue weighted by atomic mass is 10.0. The van der Waals surface area contributed by atoms with Crippen LogP contribution in [-0.2, 0) is 6.54 Å². The number of halogens is 3. The Kier molecular flexibility index (Phi) is 4.73. The van der Waals surface area contributed by atoms with Gasteiger partial charge in [-0.25, -0.2) is 4.39 Å². The van der Waals surface area contributed by atoms with Crippen molar-refractivity contribution < 1.29 is 17.9 Å². The molecule has 0 spiro atoms. The maximum atomic E-state index is 13.6. The van der Waals surface area contributed by atoms with Crippen LogP contribution in [0.2, 0.25) is 0 Å². The Bertz CT molecular complexity index is 609. The minimum atomic E-state index is -3.03. The molecule has 0 aliphatic rings. The Hall–Kier alpha value is -2.17. The number of anilines is 1. The first-order valence-electron chi connectivity index (χ1n) is 6.50.